The second kappa shape index (κ2) is 20.9. The van der Waals surface area contributed by atoms with Crippen molar-refractivity contribution in [1.29, 1.82) is 0 Å². The van der Waals surface area contributed by atoms with Crippen molar-refractivity contribution in [3.05, 3.63) is 48.6 Å². The molecule has 0 aromatic rings. The summed E-state index contributed by atoms with van der Waals surface area (Å²) in [6.45, 7) is 3.20. The van der Waals surface area contributed by atoms with Gasteiger partial charge in [0.15, 0.2) is 0 Å². The van der Waals surface area contributed by atoms with E-state index in [-0.39, 0.29) is 34.6 Å². The van der Waals surface area contributed by atoms with Crippen LogP contribution in [0.4, 0.5) is 0 Å². The van der Waals surface area contributed by atoms with Gasteiger partial charge in [-0.2, -0.15) is 12.2 Å². The number of carboxylic acid groups (broad SMARTS) is 2. The van der Waals surface area contributed by atoms with Crippen molar-refractivity contribution in [2.24, 2.45) is 0 Å². The molecule has 0 bridgehead atoms. The third-order valence-corrected chi connectivity index (χ3v) is 1.78. The Bertz CT molecular complexity index is 312. The molecule has 0 saturated heterocycles. The van der Waals surface area contributed by atoms with Gasteiger partial charge in [-0.05, 0) is 0 Å². The molecule has 0 atom stereocenters. The molecule has 0 spiro atoms. The Hall–Kier alpha value is -1.39. The van der Waals surface area contributed by atoms with Crippen LogP contribution in [0.15, 0.2) is 36.5 Å². The van der Waals surface area contributed by atoms with Crippen molar-refractivity contribution in [2.45, 2.75) is 39.5 Å². The molecule has 4 nitrogen and oxygen atoms in total. The molecule has 0 aromatic heterocycles. The summed E-state index contributed by atoms with van der Waals surface area (Å²) in [6, 6.07) is 0. The van der Waals surface area contributed by atoms with Gasteiger partial charge in [0.25, 0.3) is 0 Å². The summed E-state index contributed by atoms with van der Waals surface area (Å²) >= 11 is 0. The third-order valence-electron chi connectivity index (χ3n) is 1.78. The quantitative estimate of drug-likeness (QED) is 0.601. The molecule has 0 unspecified atom stereocenters. The van der Waals surface area contributed by atoms with Gasteiger partial charge in [-0.3, -0.25) is 21.7 Å². The summed E-state index contributed by atoms with van der Waals surface area (Å²) in [5.41, 5.74) is 0. The molecular formula is C16H22O4Ti. The van der Waals surface area contributed by atoms with Crippen molar-refractivity contribution in [3.8, 4) is 0 Å². The summed E-state index contributed by atoms with van der Waals surface area (Å²) in [5.74, 6) is -1.49. The van der Waals surface area contributed by atoms with Crippen LogP contribution in [0.1, 0.15) is 39.5 Å². The van der Waals surface area contributed by atoms with Gasteiger partial charge in [0.1, 0.15) is 0 Å². The van der Waals surface area contributed by atoms with Crippen LogP contribution in [0.2, 0.25) is 0 Å². The van der Waals surface area contributed by atoms with Crippen LogP contribution in [0.5, 0.6) is 0 Å². The van der Waals surface area contributed by atoms with Crippen LogP contribution in [0.25, 0.3) is 0 Å². The Balaban J connectivity index is -0.000000202. The van der Waals surface area contributed by atoms with Crippen molar-refractivity contribution >= 4 is 11.9 Å². The Labute approximate surface area is 141 Å². The Kier molecular flexibility index (Phi) is 24.5. The minimum Gasteiger partial charge on any atom is -0.481 e. The summed E-state index contributed by atoms with van der Waals surface area (Å²) in [6.07, 6.45) is 20.4. The summed E-state index contributed by atoms with van der Waals surface area (Å²) in [4.78, 5) is 18.7. The average molecular weight is 326 g/mol. The normalized spacial score (nSPS) is 11.9. The first-order chi connectivity index (χ1) is 9.54. The fourth-order valence-electron chi connectivity index (χ4n) is 0.680. The number of hydrogen-bond donors (Lipinski definition) is 2. The number of carbonyl (C=O) groups is 2. The monoisotopic (exact) mass is 326 g/mol. The van der Waals surface area contributed by atoms with E-state index < -0.39 is 11.9 Å². The maximum absolute atomic E-state index is 9.37. The predicted molar refractivity (Wildman–Crippen MR) is 79.0 cm³/mol. The van der Waals surface area contributed by atoms with E-state index in [1.54, 1.807) is 13.8 Å². The minimum atomic E-state index is -0.745. The Morgan fingerprint density at radius 3 is 1.24 bits per heavy atom. The van der Waals surface area contributed by atoms with Crippen molar-refractivity contribution < 1.29 is 41.5 Å². The van der Waals surface area contributed by atoms with Gasteiger partial charge in [0, 0.05) is 12.8 Å². The summed E-state index contributed by atoms with van der Waals surface area (Å²) < 4.78 is 0. The van der Waals surface area contributed by atoms with Crippen LogP contribution in [-0.2, 0) is 31.3 Å². The second-order valence-corrected chi connectivity index (χ2v) is 3.50. The smallest absolute Gasteiger partial charge is 0.481 e. The van der Waals surface area contributed by atoms with E-state index in [1.807, 2.05) is 24.3 Å². The van der Waals surface area contributed by atoms with E-state index in [0.717, 1.165) is 12.8 Å². The molecule has 2 aliphatic rings. The molecule has 0 radical (unpaired) electrons. The van der Waals surface area contributed by atoms with Gasteiger partial charge >= 0.3 is 33.7 Å². The Morgan fingerprint density at radius 1 is 0.905 bits per heavy atom. The van der Waals surface area contributed by atoms with E-state index in [9.17, 15) is 9.59 Å². The second-order valence-electron chi connectivity index (χ2n) is 3.50. The Morgan fingerprint density at radius 2 is 1.19 bits per heavy atom. The molecule has 21 heavy (non-hydrogen) atoms. The maximum Gasteiger partial charge on any atom is 2.00 e. The number of aliphatic carboxylic acids is 2. The molecule has 2 aliphatic carbocycles. The molecule has 0 aliphatic heterocycles. The molecule has 0 fully saturated rings. The first-order valence-electron chi connectivity index (χ1n) is 6.41. The zero-order valence-corrected chi connectivity index (χ0v) is 14.1. The van der Waals surface area contributed by atoms with Crippen molar-refractivity contribution in [2.75, 3.05) is 0 Å². The van der Waals surface area contributed by atoms with E-state index in [0.29, 0.717) is 0 Å². The van der Waals surface area contributed by atoms with Gasteiger partial charge in [-0.15, -0.1) is 12.8 Å². The number of hydrogen-bond acceptors (Lipinski definition) is 2. The van der Waals surface area contributed by atoms with Gasteiger partial charge in [0.05, 0.1) is 0 Å². The zero-order valence-electron chi connectivity index (χ0n) is 12.5. The van der Waals surface area contributed by atoms with Gasteiger partial charge in [0.2, 0.25) is 0 Å². The van der Waals surface area contributed by atoms with Crippen LogP contribution in [0, 0.1) is 12.2 Å². The van der Waals surface area contributed by atoms with Crippen LogP contribution in [0.3, 0.4) is 0 Å². The molecule has 2 N–H and O–H groups in total. The van der Waals surface area contributed by atoms with E-state index in [4.69, 9.17) is 10.2 Å². The predicted octanol–water partition coefficient (Wildman–Crippen LogP) is 3.57. The molecule has 114 valence electrons. The first kappa shape index (κ1) is 24.6. The van der Waals surface area contributed by atoms with Crippen LogP contribution in [-0.4, -0.2) is 22.2 Å². The first-order valence-corrected chi connectivity index (χ1v) is 6.41. The summed E-state index contributed by atoms with van der Waals surface area (Å²) in [7, 11) is 0. The number of carboxylic acids is 2. The van der Waals surface area contributed by atoms with Gasteiger partial charge in [-0.1, -0.05) is 13.8 Å². The minimum absolute atomic E-state index is 0. The van der Waals surface area contributed by atoms with E-state index in [2.05, 4.69) is 24.3 Å². The van der Waals surface area contributed by atoms with Gasteiger partial charge in [-0.25, -0.2) is 24.3 Å². The fourth-order valence-corrected chi connectivity index (χ4v) is 0.680. The molecule has 0 amide bonds. The van der Waals surface area contributed by atoms with Crippen LogP contribution < -0.4 is 0 Å². The van der Waals surface area contributed by atoms with E-state index in [1.165, 1.54) is 0 Å². The molecule has 2 rings (SSSR count). The molecule has 5 heteroatoms. The molecule has 0 aromatic carbocycles. The number of rotatable bonds is 2. The average Bonchev–Trinajstić information content (AvgIpc) is 3.16. The standard InChI is InChI=1S/2C5H5.2C3H6O2.Ti/c2*1-2-4-5-3-1;2*1-2-3(4)5;/h2*1-3H,4H2;2*2H2,1H3,(H,4,5);/q2*-1;;;+2. The molecular weight excluding hydrogens is 304 g/mol. The fraction of sp³-hybridized carbons (Fsp3) is 0.375. The van der Waals surface area contributed by atoms with Crippen molar-refractivity contribution in [1.82, 2.24) is 0 Å². The molecule has 0 heterocycles. The maximum atomic E-state index is 9.37. The van der Waals surface area contributed by atoms with Gasteiger partial charge < -0.3 is 10.2 Å². The largest absolute Gasteiger partial charge is 2.00 e. The zero-order chi connectivity index (χ0) is 15.6. The topological polar surface area (TPSA) is 74.6 Å². The molecule has 0 saturated carbocycles. The number of allylic oxidation sites excluding steroid dienone is 8. The SMILES string of the molecule is CCC(=O)O.CCC(=O)O.[C-]1=CC=CC1.[C-]1=CC=CC1.[Ti+2]. The third kappa shape index (κ3) is 32.3. The van der Waals surface area contributed by atoms with E-state index >= 15 is 0 Å². The van der Waals surface area contributed by atoms with Crippen LogP contribution >= 0.6 is 0 Å². The van der Waals surface area contributed by atoms with Crippen molar-refractivity contribution in [3.63, 3.8) is 0 Å². The summed E-state index contributed by atoms with van der Waals surface area (Å²) in [5, 5.41) is 15.4.